The molecule has 0 aliphatic carbocycles. The first-order chi connectivity index (χ1) is 6.50. The van der Waals surface area contributed by atoms with Gasteiger partial charge in [-0.2, -0.15) is 4.98 Å². The highest BCUT2D eigenvalue weighted by atomic mass is 35.5. The van der Waals surface area contributed by atoms with Crippen molar-refractivity contribution in [3.8, 4) is 0 Å². The maximum absolute atomic E-state index is 12.9. The Kier molecular flexibility index (Phi) is 3.38. The highest BCUT2D eigenvalue weighted by Gasteiger charge is 2.10. The van der Waals surface area contributed by atoms with Gasteiger partial charge in [-0.05, 0) is 11.6 Å². The number of amides is 1. The zero-order valence-electron chi connectivity index (χ0n) is 6.72. The molecule has 1 aromatic heterocycles. The van der Waals surface area contributed by atoms with Crippen LogP contribution in [0.5, 0.6) is 0 Å². The smallest absolute Gasteiger partial charge is 0.267 e. The number of hydrogen-bond donors (Lipinski definition) is 1. The minimum atomic E-state index is -0.805. The van der Waals surface area contributed by atoms with Gasteiger partial charge in [0.05, 0.1) is 11.2 Å². The number of anilines is 1. The largest absolute Gasteiger partial charge is 0.303 e. The molecule has 1 rings (SSSR count). The van der Waals surface area contributed by atoms with Gasteiger partial charge in [0, 0.05) is 0 Å². The van der Waals surface area contributed by atoms with Gasteiger partial charge in [-0.25, -0.2) is 9.37 Å². The fourth-order valence-corrected chi connectivity index (χ4v) is 0.789. The van der Waals surface area contributed by atoms with Gasteiger partial charge >= 0.3 is 0 Å². The minimum Gasteiger partial charge on any atom is -0.303 e. The molecule has 0 aliphatic heterocycles. The molecule has 0 saturated heterocycles. The lowest BCUT2D eigenvalue weighted by atomic mass is 10.5. The number of rotatable bonds is 2. The topological polar surface area (TPSA) is 54.9 Å². The van der Waals surface area contributed by atoms with Gasteiger partial charge in [-0.15, -0.1) is 0 Å². The summed E-state index contributed by atoms with van der Waals surface area (Å²) in [5.74, 6) is -1.89. The predicted molar refractivity (Wildman–Crippen MR) is 50.6 cm³/mol. The number of nitrogens with one attached hydrogen (secondary N) is 1. The maximum Gasteiger partial charge on any atom is 0.267 e. The molecule has 0 radical (unpaired) electrons. The molecule has 1 amide bonds. The quantitative estimate of drug-likeness (QED) is 0.630. The molecule has 14 heavy (non-hydrogen) atoms. The van der Waals surface area contributed by atoms with Crippen LogP contribution in [0.2, 0.25) is 5.28 Å². The van der Waals surface area contributed by atoms with Crippen molar-refractivity contribution < 1.29 is 9.18 Å². The van der Waals surface area contributed by atoms with E-state index in [0.29, 0.717) is 0 Å². The normalized spacial score (nSPS) is 9.64. The van der Waals surface area contributed by atoms with Gasteiger partial charge in [0.15, 0.2) is 11.6 Å². The molecule has 0 aliphatic rings. The molecule has 0 saturated carbocycles. The van der Waals surface area contributed by atoms with Crippen molar-refractivity contribution in [2.45, 2.75) is 0 Å². The summed E-state index contributed by atoms with van der Waals surface area (Å²) < 4.78 is 12.9. The van der Waals surface area contributed by atoms with E-state index in [4.69, 9.17) is 23.2 Å². The Morgan fingerprint density at radius 2 is 2.29 bits per heavy atom. The monoisotopic (exact) mass is 235 g/mol. The van der Waals surface area contributed by atoms with Gasteiger partial charge in [0.1, 0.15) is 0 Å². The summed E-state index contributed by atoms with van der Waals surface area (Å²) in [5, 5.41) is 1.61. The molecule has 7 heteroatoms. The molecule has 0 fully saturated rings. The minimum absolute atomic E-state index is 0.179. The van der Waals surface area contributed by atoms with E-state index in [2.05, 4.69) is 21.9 Å². The average Bonchev–Trinajstić information content (AvgIpc) is 2.11. The van der Waals surface area contributed by atoms with Gasteiger partial charge in [-0.1, -0.05) is 18.2 Å². The SMILES string of the molecule is C=C(Cl)C(=O)Nc1nc(Cl)ncc1F. The first-order valence-corrected chi connectivity index (χ1v) is 4.10. The number of hydrogen-bond acceptors (Lipinski definition) is 3. The number of aromatic nitrogens is 2. The number of nitrogens with zero attached hydrogens (tertiary/aromatic N) is 2. The van der Waals surface area contributed by atoms with Crippen molar-refractivity contribution in [3.05, 3.63) is 28.9 Å². The zero-order chi connectivity index (χ0) is 10.7. The van der Waals surface area contributed by atoms with E-state index >= 15 is 0 Å². The van der Waals surface area contributed by atoms with E-state index in [0.717, 1.165) is 6.20 Å². The molecule has 74 valence electrons. The summed E-state index contributed by atoms with van der Waals surface area (Å²) in [7, 11) is 0. The summed E-state index contributed by atoms with van der Waals surface area (Å²) in [6.45, 7) is 3.16. The Bertz CT molecular complexity index is 397. The van der Waals surface area contributed by atoms with Crippen molar-refractivity contribution in [3.63, 3.8) is 0 Å². The van der Waals surface area contributed by atoms with Crippen LogP contribution >= 0.6 is 23.2 Å². The fraction of sp³-hybridized carbons (Fsp3) is 0. The van der Waals surface area contributed by atoms with E-state index in [1.807, 2.05) is 0 Å². The molecule has 4 nitrogen and oxygen atoms in total. The molecule has 1 N–H and O–H groups in total. The molecular weight excluding hydrogens is 232 g/mol. The molecule has 0 bridgehead atoms. The van der Waals surface area contributed by atoms with E-state index < -0.39 is 11.7 Å². The van der Waals surface area contributed by atoms with Gasteiger partial charge in [-0.3, -0.25) is 4.79 Å². The van der Waals surface area contributed by atoms with Crippen LogP contribution in [0.15, 0.2) is 17.8 Å². The third-order valence-electron chi connectivity index (χ3n) is 1.19. The second kappa shape index (κ2) is 4.34. The van der Waals surface area contributed by atoms with E-state index in [9.17, 15) is 9.18 Å². The molecular formula is C7H4Cl2FN3O. The number of carbonyl (C=O) groups is 1. The third-order valence-corrected chi connectivity index (χ3v) is 1.55. The van der Waals surface area contributed by atoms with Crippen LogP contribution in [0.3, 0.4) is 0 Å². The van der Waals surface area contributed by atoms with Crippen LogP contribution in [0, 0.1) is 5.82 Å². The van der Waals surface area contributed by atoms with Crippen molar-refractivity contribution in [1.82, 2.24) is 9.97 Å². The lowest BCUT2D eigenvalue weighted by molar-refractivity contribution is -0.112. The van der Waals surface area contributed by atoms with E-state index in [-0.39, 0.29) is 16.1 Å². The fourth-order valence-electron chi connectivity index (χ4n) is 0.609. The second-order valence-corrected chi connectivity index (χ2v) is 2.99. The molecule has 1 aromatic rings. The van der Waals surface area contributed by atoms with Crippen LogP contribution in [0.25, 0.3) is 0 Å². The van der Waals surface area contributed by atoms with Crippen molar-refractivity contribution in [1.29, 1.82) is 0 Å². The Hall–Kier alpha value is -1.20. The second-order valence-electron chi connectivity index (χ2n) is 2.19. The van der Waals surface area contributed by atoms with Gasteiger partial charge in [0.2, 0.25) is 5.28 Å². The predicted octanol–water partition coefficient (Wildman–Crippen LogP) is 1.96. The Morgan fingerprint density at radius 1 is 1.64 bits per heavy atom. The number of halogens is 3. The average molecular weight is 236 g/mol. The first kappa shape index (κ1) is 10.9. The Morgan fingerprint density at radius 3 is 2.86 bits per heavy atom. The zero-order valence-corrected chi connectivity index (χ0v) is 8.23. The van der Waals surface area contributed by atoms with Crippen molar-refractivity contribution in [2.24, 2.45) is 0 Å². The van der Waals surface area contributed by atoms with Crippen LogP contribution < -0.4 is 5.32 Å². The highest BCUT2D eigenvalue weighted by Crippen LogP contribution is 2.13. The summed E-state index contributed by atoms with van der Waals surface area (Å²) in [6.07, 6.45) is 0.835. The molecule has 0 unspecified atom stereocenters. The summed E-state index contributed by atoms with van der Waals surface area (Å²) in [4.78, 5) is 17.8. The lowest BCUT2D eigenvalue weighted by Gasteiger charge is -2.03. The summed E-state index contributed by atoms with van der Waals surface area (Å²) in [6, 6.07) is 0. The first-order valence-electron chi connectivity index (χ1n) is 3.34. The maximum atomic E-state index is 12.9. The molecule has 0 spiro atoms. The Labute approximate surface area is 88.8 Å². The van der Waals surface area contributed by atoms with E-state index in [1.165, 1.54) is 0 Å². The summed E-state index contributed by atoms with van der Waals surface area (Å²) in [5.41, 5.74) is 0. The third kappa shape index (κ3) is 2.65. The van der Waals surface area contributed by atoms with Crippen LogP contribution in [-0.2, 0) is 4.79 Å². The van der Waals surface area contributed by atoms with Crippen molar-refractivity contribution >= 4 is 34.9 Å². The van der Waals surface area contributed by atoms with Crippen molar-refractivity contribution in [2.75, 3.05) is 5.32 Å². The standard InChI is InChI=1S/C7H4Cl2FN3O/c1-3(8)6(14)12-5-4(10)2-11-7(9)13-5/h2H,1H2,(H,11,12,13,14). The molecule has 1 heterocycles. The molecule has 0 atom stereocenters. The van der Waals surface area contributed by atoms with Gasteiger partial charge in [0.25, 0.3) is 5.91 Å². The summed E-state index contributed by atoms with van der Waals surface area (Å²) >= 11 is 10.6. The van der Waals surface area contributed by atoms with E-state index in [1.54, 1.807) is 0 Å². The Balaban J connectivity index is 2.91. The lowest BCUT2D eigenvalue weighted by Crippen LogP contribution is -2.13. The highest BCUT2D eigenvalue weighted by molar-refractivity contribution is 6.43. The molecule has 0 aromatic carbocycles. The van der Waals surface area contributed by atoms with Crippen LogP contribution in [-0.4, -0.2) is 15.9 Å². The van der Waals surface area contributed by atoms with Crippen LogP contribution in [0.1, 0.15) is 0 Å². The number of carbonyl (C=O) groups excluding carboxylic acids is 1. The van der Waals surface area contributed by atoms with Crippen LogP contribution in [0.4, 0.5) is 10.2 Å². The van der Waals surface area contributed by atoms with Gasteiger partial charge < -0.3 is 5.32 Å².